The minimum atomic E-state index is -4.09. The Morgan fingerprint density at radius 3 is 2.16 bits per heavy atom. The molecular formula is C29H34ClN3O4S. The third kappa shape index (κ3) is 7.58. The maximum absolute atomic E-state index is 13.9. The average Bonchev–Trinajstić information content (AvgIpc) is 2.85. The van der Waals surface area contributed by atoms with Crippen molar-refractivity contribution in [1.29, 1.82) is 0 Å². The summed E-state index contributed by atoms with van der Waals surface area (Å²) in [4.78, 5) is 28.4. The number of nitrogens with zero attached hydrogens (tertiary/aromatic N) is 2. The number of anilines is 1. The van der Waals surface area contributed by atoms with E-state index in [0.717, 1.165) is 9.87 Å². The van der Waals surface area contributed by atoms with Crippen LogP contribution in [0.15, 0.2) is 83.8 Å². The minimum Gasteiger partial charge on any atom is -0.350 e. The molecule has 3 aromatic carbocycles. The molecule has 0 aliphatic carbocycles. The Morgan fingerprint density at radius 2 is 1.58 bits per heavy atom. The monoisotopic (exact) mass is 555 g/mol. The highest BCUT2D eigenvalue weighted by molar-refractivity contribution is 7.92. The van der Waals surface area contributed by atoms with Crippen molar-refractivity contribution in [2.24, 2.45) is 0 Å². The van der Waals surface area contributed by atoms with Gasteiger partial charge in [0.15, 0.2) is 0 Å². The molecule has 0 aliphatic heterocycles. The second kappa shape index (κ2) is 12.0. The molecule has 202 valence electrons. The van der Waals surface area contributed by atoms with Gasteiger partial charge in [-0.2, -0.15) is 0 Å². The summed E-state index contributed by atoms with van der Waals surface area (Å²) in [6.45, 7) is 8.64. The highest BCUT2D eigenvalue weighted by atomic mass is 35.5. The number of hydrogen-bond acceptors (Lipinski definition) is 4. The maximum atomic E-state index is 13.9. The molecule has 7 nitrogen and oxygen atoms in total. The van der Waals surface area contributed by atoms with E-state index < -0.39 is 34.1 Å². The largest absolute Gasteiger partial charge is 0.350 e. The second-order valence-corrected chi connectivity index (χ2v) is 12.5. The van der Waals surface area contributed by atoms with Gasteiger partial charge in [-0.1, -0.05) is 59.6 Å². The molecule has 0 saturated heterocycles. The minimum absolute atomic E-state index is 0.0691. The number of nitrogens with one attached hydrogen (secondary N) is 1. The lowest BCUT2D eigenvalue weighted by atomic mass is 10.1. The molecule has 0 spiro atoms. The first-order valence-electron chi connectivity index (χ1n) is 12.3. The number of aryl methyl sites for hydroxylation is 1. The average molecular weight is 556 g/mol. The number of amides is 2. The molecule has 0 heterocycles. The Morgan fingerprint density at radius 1 is 0.947 bits per heavy atom. The van der Waals surface area contributed by atoms with Crippen LogP contribution in [-0.2, 0) is 26.2 Å². The zero-order chi connectivity index (χ0) is 28.1. The van der Waals surface area contributed by atoms with E-state index >= 15 is 0 Å². The Hall–Kier alpha value is -3.36. The molecule has 0 aliphatic rings. The van der Waals surface area contributed by atoms with Crippen LogP contribution in [0.5, 0.6) is 0 Å². The molecule has 1 atom stereocenters. The Labute approximate surface area is 230 Å². The Kier molecular flexibility index (Phi) is 9.22. The van der Waals surface area contributed by atoms with Crippen LogP contribution < -0.4 is 9.62 Å². The van der Waals surface area contributed by atoms with Crippen molar-refractivity contribution < 1.29 is 18.0 Å². The molecule has 0 fully saturated rings. The van der Waals surface area contributed by atoms with E-state index in [0.29, 0.717) is 16.3 Å². The summed E-state index contributed by atoms with van der Waals surface area (Å²) in [5.74, 6) is -0.874. The van der Waals surface area contributed by atoms with Crippen molar-refractivity contribution in [3.05, 3.63) is 95.0 Å². The molecule has 1 N–H and O–H groups in total. The van der Waals surface area contributed by atoms with Crippen LogP contribution >= 0.6 is 11.6 Å². The van der Waals surface area contributed by atoms with Gasteiger partial charge in [-0.25, -0.2) is 8.42 Å². The molecule has 38 heavy (non-hydrogen) atoms. The van der Waals surface area contributed by atoms with Crippen LogP contribution in [0.2, 0.25) is 5.02 Å². The first-order chi connectivity index (χ1) is 17.8. The summed E-state index contributed by atoms with van der Waals surface area (Å²) in [5, 5.41) is 3.40. The van der Waals surface area contributed by atoms with E-state index in [1.54, 1.807) is 73.7 Å². The maximum Gasteiger partial charge on any atom is 0.264 e. The van der Waals surface area contributed by atoms with Crippen molar-refractivity contribution in [2.75, 3.05) is 10.8 Å². The summed E-state index contributed by atoms with van der Waals surface area (Å²) >= 11 is 6.17. The topological polar surface area (TPSA) is 86.8 Å². The van der Waals surface area contributed by atoms with Gasteiger partial charge in [0, 0.05) is 17.1 Å². The highest BCUT2D eigenvalue weighted by Gasteiger charge is 2.33. The SMILES string of the molecule is Cc1ccc(S(=O)(=O)N(CC(=O)N(Cc2cccc(Cl)c2)[C@H](C)C(=O)NC(C)(C)C)c2ccccc2)cc1. The van der Waals surface area contributed by atoms with Gasteiger partial charge in [0.25, 0.3) is 10.0 Å². The molecule has 9 heteroatoms. The van der Waals surface area contributed by atoms with Crippen LogP contribution in [-0.4, -0.2) is 43.3 Å². The summed E-state index contributed by atoms with van der Waals surface area (Å²) in [7, 11) is -4.09. The molecule has 0 bridgehead atoms. The summed E-state index contributed by atoms with van der Waals surface area (Å²) in [6, 6.07) is 21.1. The molecule has 0 saturated carbocycles. The van der Waals surface area contributed by atoms with Crippen molar-refractivity contribution in [3.8, 4) is 0 Å². The highest BCUT2D eigenvalue weighted by Crippen LogP contribution is 2.25. The van der Waals surface area contributed by atoms with Crippen molar-refractivity contribution in [3.63, 3.8) is 0 Å². The number of carbonyl (C=O) groups excluding carboxylic acids is 2. The number of para-hydroxylation sites is 1. The zero-order valence-electron chi connectivity index (χ0n) is 22.3. The number of sulfonamides is 1. The van der Waals surface area contributed by atoms with E-state index in [2.05, 4.69) is 5.32 Å². The van der Waals surface area contributed by atoms with Gasteiger partial charge in [-0.05, 0) is 76.6 Å². The van der Waals surface area contributed by atoms with E-state index in [-0.39, 0.29) is 17.3 Å². The predicted octanol–water partition coefficient (Wildman–Crippen LogP) is 5.18. The lowest BCUT2D eigenvalue weighted by molar-refractivity contribution is -0.140. The summed E-state index contributed by atoms with van der Waals surface area (Å²) < 4.78 is 28.6. The number of rotatable bonds is 9. The van der Waals surface area contributed by atoms with E-state index in [1.165, 1.54) is 17.0 Å². The van der Waals surface area contributed by atoms with E-state index in [1.807, 2.05) is 27.7 Å². The lowest BCUT2D eigenvalue weighted by Crippen LogP contribution is -2.54. The quantitative estimate of drug-likeness (QED) is 0.394. The Bertz CT molecular complexity index is 1370. The number of benzene rings is 3. The fraction of sp³-hybridized carbons (Fsp3) is 0.310. The molecule has 0 aromatic heterocycles. The van der Waals surface area contributed by atoms with Gasteiger partial charge in [0.2, 0.25) is 11.8 Å². The van der Waals surface area contributed by atoms with Gasteiger partial charge < -0.3 is 10.2 Å². The third-order valence-corrected chi connectivity index (χ3v) is 7.86. The normalized spacial score (nSPS) is 12.5. The van der Waals surface area contributed by atoms with Crippen molar-refractivity contribution >= 4 is 39.1 Å². The smallest absolute Gasteiger partial charge is 0.264 e. The standard InChI is InChI=1S/C29H34ClN3O4S/c1-21-14-16-26(17-15-21)38(36,37)33(25-12-7-6-8-13-25)20-27(34)32(19-23-10-9-11-24(30)18-23)22(2)28(35)31-29(3,4)5/h6-18,22H,19-20H2,1-5H3,(H,31,35)/t22-/m1/s1. The fourth-order valence-corrected chi connectivity index (χ4v) is 5.48. The summed E-state index contributed by atoms with van der Waals surface area (Å²) in [6.07, 6.45) is 0. The first-order valence-corrected chi connectivity index (χ1v) is 14.1. The third-order valence-electron chi connectivity index (χ3n) is 5.84. The van der Waals surface area contributed by atoms with Crippen LogP contribution in [0.25, 0.3) is 0 Å². The van der Waals surface area contributed by atoms with Gasteiger partial charge in [-0.15, -0.1) is 0 Å². The van der Waals surface area contributed by atoms with Gasteiger partial charge >= 0.3 is 0 Å². The summed E-state index contributed by atoms with van der Waals surface area (Å²) in [5.41, 5.74) is 1.46. The molecule has 3 rings (SSSR count). The number of carbonyl (C=O) groups is 2. The van der Waals surface area contributed by atoms with Crippen LogP contribution in [0.1, 0.15) is 38.8 Å². The Balaban J connectivity index is 2.01. The zero-order valence-corrected chi connectivity index (χ0v) is 23.9. The van der Waals surface area contributed by atoms with Crippen LogP contribution in [0, 0.1) is 6.92 Å². The van der Waals surface area contributed by atoms with Gasteiger partial charge in [0.05, 0.1) is 10.6 Å². The van der Waals surface area contributed by atoms with E-state index in [4.69, 9.17) is 11.6 Å². The molecule has 0 radical (unpaired) electrons. The van der Waals surface area contributed by atoms with Gasteiger partial charge in [0.1, 0.15) is 12.6 Å². The predicted molar refractivity (Wildman–Crippen MR) is 152 cm³/mol. The number of hydrogen-bond donors (Lipinski definition) is 1. The fourth-order valence-electron chi connectivity index (χ4n) is 3.85. The lowest BCUT2D eigenvalue weighted by Gasteiger charge is -2.33. The molecular weight excluding hydrogens is 522 g/mol. The molecule has 0 unspecified atom stereocenters. The molecule has 2 amide bonds. The van der Waals surface area contributed by atoms with Crippen LogP contribution in [0.4, 0.5) is 5.69 Å². The van der Waals surface area contributed by atoms with Crippen molar-refractivity contribution in [2.45, 2.75) is 57.6 Å². The first kappa shape index (κ1) is 29.2. The molecule has 3 aromatic rings. The second-order valence-electron chi connectivity index (χ2n) is 10.2. The van der Waals surface area contributed by atoms with Gasteiger partial charge in [-0.3, -0.25) is 13.9 Å². The number of halogens is 1. The van der Waals surface area contributed by atoms with Crippen molar-refractivity contribution in [1.82, 2.24) is 10.2 Å². The van der Waals surface area contributed by atoms with E-state index in [9.17, 15) is 18.0 Å². The van der Waals surface area contributed by atoms with Crippen LogP contribution in [0.3, 0.4) is 0 Å².